The molecule has 0 radical (unpaired) electrons. The lowest BCUT2D eigenvalue weighted by Crippen LogP contribution is -2.48. The Morgan fingerprint density at radius 2 is 2.18 bits per heavy atom. The first-order chi connectivity index (χ1) is 10.3. The average Bonchev–Trinajstić information content (AvgIpc) is 2.48. The maximum atomic E-state index is 12.6. The summed E-state index contributed by atoms with van der Waals surface area (Å²) in [5.74, 6) is -0.193. The van der Waals surface area contributed by atoms with E-state index in [1.807, 2.05) is 0 Å². The van der Waals surface area contributed by atoms with Gasteiger partial charge in [-0.25, -0.2) is 0 Å². The van der Waals surface area contributed by atoms with E-state index in [1.165, 1.54) is 18.2 Å². The standard InChI is InChI=1S/C15H20ClN3O3/c1-10-8-11(6-7-17(10)2)18(3)15(20)13-5-4-12(19(21)22)9-14(13)16/h4-5,9-11H,6-8H2,1-3H3. The SMILES string of the molecule is CC1CC(N(C)C(=O)c2ccc([N+](=O)[O-])cc2Cl)CCN1C. The first-order valence-corrected chi connectivity index (χ1v) is 7.60. The van der Waals surface area contributed by atoms with Gasteiger partial charge in [-0.15, -0.1) is 0 Å². The maximum Gasteiger partial charge on any atom is 0.270 e. The largest absolute Gasteiger partial charge is 0.339 e. The van der Waals surface area contributed by atoms with Gasteiger partial charge >= 0.3 is 0 Å². The number of likely N-dealkylation sites (tertiary alicyclic amines) is 1. The monoisotopic (exact) mass is 325 g/mol. The molecule has 1 aromatic carbocycles. The summed E-state index contributed by atoms with van der Waals surface area (Å²) in [5, 5.41) is 10.8. The number of hydrogen-bond acceptors (Lipinski definition) is 4. The second kappa shape index (κ2) is 6.62. The highest BCUT2D eigenvalue weighted by Crippen LogP contribution is 2.26. The third-order valence-electron chi connectivity index (χ3n) is 4.44. The Bertz CT molecular complexity index is 593. The van der Waals surface area contributed by atoms with Crippen molar-refractivity contribution >= 4 is 23.2 Å². The summed E-state index contributed by atoms with van der Waals surface area (Å²) in [4.78, 5) is 26.8. The number of non-ortho nitro benzene ring substituents is 1. The van der Waals surface area contributed by atoms with Crippen LogP contribution in [0.2, 0.25) is 5.02 Å². The Balaban J connectivity index is 2.15. The quantitative estimate of drug-likeness (QED) is 0.633. The summed E-state index contributed by atoms with van der Waals surface area (Å²) in [6.07, 6.45) is 1.82. The van der Waals surface area contributed by atoms with Crippen molar-refractivity contribution in [1.29, 1.82) is 0 Å². The predicted molar refractivity (Wildman–Crippen MR) is 85.3 cm³/mol. The molecule has 120 valence electrons. The number of halogens is 1. The van der Waals surface area contributed by atoms with Gasteiger partial charge in [0, 0.05) is 37.8 Å². The van der Waals surface area contributed by atoms with Crippen LogP contribution in [-0.4, -0.2) is 53.4 Å². The number of carbonyl (C=O) groups is 1. The van der Waals surface area contributed by atoms with Crippen molar-refractivity contribution in [2.75, 3.05) is 20.6 Å². The van der Waals surface area contributed by atoms with Crippen molar-refractivity contribution in [2.45, 2.75) is 31.8 Å². The van der Waals surface area contributed by atoms with Gasteiger partial charge in [0.05, 0.1) is 15.5 Å². The number of nitrogens with zero attached hydrogens (tertiary/aromatic N) is 3. The van der Waals surface area contributed by atoms with Crippen LogP contribution in [0.25, 0.3) is 0 Å². The van der Waals surface area contributed by atoms with Gasteiger partial charge < -0.3 is 9.80 Å². The molecule has 0 aliphatic carbocycles. The highest BCUT2D eigenvalue weighted by molar-refractivity contribution is 6.34. The van der Waals surface area contributed by atoms with E-state index in [-0.39, 0.29) is 22.7 Å². The molecule has 0 spiro atoms. The molecule has 6 nitrogen and oxygen atoms in total. The number of nitro groups is 1. The molecule has 1 fully saturated rings. The van der Waals surface area contributed by atoms with Crippen LogP contribution in [0.1, 0.15) is 30.1 Å². The number of rotatable bonds is 3. The highest BCUT2D eigenvalue weighted by atomic mass is 35.5. The number of piperidine rings is 1. The van der Waals surface area contributed by atoms with Gasteiger partial charge in [-0.05, 0) is 32.9 Å². The third kappa shape index (κ3) is 3.39. The maximum absolute atomic E-state index is 12.6. The molecule has 2 rings (SSSR count). The highest BCUT2D eigenvalue weighted by Gasteiger charge is 2.29. The van der Waals surface area contributed by atoms with Crippen LogP contribution in [0.15, 0.2) is 18.2 Å². The topological polar surface area (TPSA) is 66.7 Å². The molecule has 0 saturated carbocycles. The van der Waals surface area contributed by atoms with Crippen LogP contribution in [0.3, 0.4) is 0 Å². The van der Waals surface area contributed by atoms with Crippen molar-refractivity contribution in [3.63, 3.8) is 0 Å². The van der Waals surface area contributed by atoms with Gasteiger partial charge in [-0.2, -0.15) is 0 Å². The van der Waals surface area contributed by atoms with E-state index in [4.69, 9.17) is 11.6 Å². The van der Waals surface area contributed by atoms with Crippen molar-refractivity contribution in [2.24, 2.45) is 0 Å². The molecule has 1 saturated heterocycles. The fourth-order valence-electron chi connectivity index (χ4n) is 2.76. The number of benzene rings is 1. The molecule has 0 aromatic heterocycles. The lowest BCUT2D eigenvalue weighted by molar-refractivity contribution is -0.384. The van der Waals surface area contributed by atoms with Gasteiger partial charge in [0.25, 0.3) is 11.6 Å². The van der Waals surface area contributed by atoms with Crippen LogP contribution in [0.5, 0.6) is 0 Å². The Morgan fingerprint density at radius 1 is 1.50 bits per heavy atom. The van der Waals surface area contributed by atoms with Crippen LogP contribution >= 0.6 is 11.6 Å². The van der Waals surface area contributed by atoms with E-state index in [0.29, 0.717) is 11.6 Å². The van der Waals surface area contributed by atoms with Crippen molar-refractivity contribution < 1.29 is 9.72 Å². The summed E-state index contributed by atoms with van der Waals surface area (Å²) in [6, 6.07) is 4.54. The Hall–Kier alpha value is -1.66. The Kier molecular flexibility index (Phi) is 5.03. The molecular formula is C15H20ClN3O3. The molecule has 1 amide bonds. The van der Waals surface area contributed by atoms with E-state index in [0.717, 1.165) is 19.4 Å². The Morgan fingerprint density at radius 3 is 2.73 bits per heavy atom. The van der Waals surface area contributed by atoms with Gasteiger partial charge in [0.1, 0.15) is 0 Å². The normalized spacial score (nSPS) is 22.4. The van der Waals surface area contributed by atoms with Gasteiger partial charge in [0.2, 0.25) is 0 Å². The molecular weight excluding hydrogens is 306 g/mol. The zero-order chi connectivity index (χ0) is 16.4. The molecule has 2 unspecified atom stereocenters. The molecule has 1 heterocycles. The van der Waals surface area contributed by atoms with Crippen molar-refractivity contribution in [1.82, 2.24) is 9.80 Å². The third-order valence-corrected chi connectivity index (χ3v) is 4.76. The average molecular weight is 326 g/mol. The minimum absolute atomic E-state index is 0.114. The molecule has 0 N–H and O–H groups in total. The summed E-state index contributed by atoms with van der Waals surface area (Å²) >= 11 is 6.04. The molecule has 7 heteroatoms. The van der Waals surface area contributed by atoms with E-state index >= 15 is 0 Å². The van der Waals surface area contributed by atoms with Gasteiger partial charge in [-0.3, -0.25) is 14.9 Å². The summed E-state index contributed by atoms with van der Waals surface area (Å²) < 4.78 is 0. The second-order valence-corrected chi connectivity index (χ2v) is 6.25. The van der Waals surface area contributed by atoms with Crippen LogP contribution in [0.4, 0.5) is 5.69 Å². The summed E-state index contributed by atoms with van der Waals surface area (Å²) in [5.41, 5.74) is 0.193. The van der Waals surface area contributed by atoms with Crippen LogP contribution in [-0.2, 0) is 0 Å². The molecule has 0 bridgehead atoms. The molecule has 1 aliphatic rings. The smallest absolute Gasteiger partial charge is 0.270 e. The van der Waals surface area contributed by atoms with Crippen molar-refractivity contribution in [3.8, 4) is 0 Å². The molecule has 22 heavy (non-hydrogen) atoms. The van der Waals surface area contributed by atoms with E-state index in [9.17, 15) is 14.9 Å². The predicted octanol–water partition coefficient (Wildman–Crippen LogP) is 2.80. The number of amides is 1. The van der Waals surface area contributed by atoms with Gasteiger partial charge in [-0.1, -0.05) is 11.6 Å². The minimum Gasteiger partial charge on any atom is -0.339 e. The Labute approximate surface area is 134 Å². The number of carbonyl (C=O) groups excluding carboxylic acids is 1. The molecule has 1 aliphatic heterocycles. The summed E-state index contributed by atoms with van der Waals surface area (Å²) in [6.45, 7) is 3.08. The molecule has 1 aromatic rings. The minimum atomic E-state index is -0.525. The van der Waals surface area contributed by atoms with Crippen LogP contribution < -0.4 is 0 Å². The first kappa shape index (κ1) is 16.7. The second-order valence-electron chi connectivity index (χ2n) is 5.85. The lowest BCUT2D eigenvalue weighted by Gasteiger charge is -2.39. The first-order valence-electron chi connectivity index (χ1n) is 7.22. The van der Waals surface area contributed by atoms with E-state index < -0.39 is 4.92 Å². The summed E-state index contributed by atoms with van der Waals surface area (Å²) in [7, 11) is 3.85. The zero-order valence-electron chi connectivity index (χ0n) is 13.0. The fourth-order valence-corrected chi connectivity index (χ4v) is 3.02. The number of hydrogen-bond donors (Lipinski definition) is 0. The van der Waals surface area contributed by atoms with Crippen LogP contribution in [0, 0.1) is 10.1 Å². The zero-order valence-corrected chi connectivity index (χ0v) is 13.7. The number of nitro benzene ring substituents is 1. The fraction of sp³-hybridized carbons (Fsp3) is 0.533. The van der Waals surface area contributed by atoms with Gasteiger partial charge in [0.15, 0.2) is 0 Å². The van der Waals surface area contributed by atoms with E-state index in [2.05, 4.69) is 18.9 Å². The van der Waals surface area contributed by atoms with Crippen molar-refractivity contribution in [3.05, 3.63) is 38.9 Å². The lowest BCUT2D eigenvalue weighted by atomic mass is 9.97. The van der Waals surface area contributed by atoms with E-state index in [1.54, 1.807) is 11.9 Å². The molecule has 2 atom stereocenters.